The third-order valence-corrected chi connectivity index (χ3v) is 5.55. The molecule has 0 unspecified atom stereocenters. The monoisotopic (exact) mass is 433 g/mol. The largest absolute Gasteiger partial charge is 0.488 e. The average Bonchev–Trinajstić information content (AvgIpc) is 3.32. The molecule has 0 spiro atoms. The van der Waals surface area contributed by atoms with Crippen molar-refractivity contribution in [3.63, 3.8) is 0 Å². The van der Waals surface area contributed by atoms with Gasteiger partial charge in [-0.05, 0) is 41.0 Å². The van der Waals surface area contributed by atoms with Gasteiger partial charge in [0.05, 0.1) is 5.56 Å². The van der Waals surface area contributed by atoms with Crippen LogP contribution in [0, 0.1) is 0 Å². The van der Waals surface area contributed by atoms with Crippen LogP contribution in [0.2, 0.25) is 0 Å². The van der Waals surface area contributed by atoms with Gasteiger partial charge in [-0.25, -0.2) is 4.79 Å². The number of benzene rings is 4. The lowest BCUT2D eigenvalue weighted by Gasteiger charge is -2.10. The number of esters is 1. The van der Waals surface area contributed by atoms with Gasteiger partial charge < -0.3 is 14.5 Å². The van der Waals surface area contributed by atoms with Crippen molar-refractivity contribution in [1.82, 2.24) is 4.98 Å². The Morgan fingerprint density at radius 2 is 1.36 bits per heavy atom. The van der Waals surface area contributed by atoms with Crippen LogP contribution in [0.25, 0.3) is 22.0 Å². The minimum Gasteiger partial charge on any atom is -0.488 e. The Morgan fingerprint density at radius 3 is 2.06 bits per heavy atom. The van der Waals surface area contributed by atoms with Gasteiger partial charge in [0.25, 0.3) is 0 Å². The van der Waals surface area contributed by atoms with Crippen molar-refractivity contribution in [1.29, 1.82) is 0 Å². The molecule has 0 atom stereocenters. The lowest BCUT2D eigenvalue weighted by atomic mass is 10.0. The van der Waals surface area contributed by atoms with Crippen LogP contribution in [0.5, 0.6) is 5.75 Å². The second-order valence-electron chi connectivity index (χ2n) is 7.79. The van der Waals surface area contributed by atoms with E-state index in [1.54, 1.807) is 12.1 Å². The third-order valence-electron chi connectivity index (χ3n) is 5.55. The molecule has 4 heteroatoms. The summed E-state index contributed by atoms with van der Waals surface area (Å²) in [6, 6.07) is 33.3. The van der Waals surface area contributed by atoms with E-state index in [-0.39, 0.29) is 12.6 Å². The molecule has 4 aromatic carbocycles. The van der Waals surface area contributed by atoms with Gasteiger partial charge in [-0.15, -0.1) is 0 Å². The summed E-state index contributed by atoms with van der Waals surface area (Å²) in [5.41, 5.74) is 5.63. The van der Waals surface area contributed by atoms with Crippen molar-refractivity contribution >= 4 is 16.9 Å². The molecule has 0 fully saturated rings. The number of H-pyrrole nitrogens is 1. The fourth-order valence-electron chi connectivity index (χ4n) is 3.83. The van der Waals surface area contributed by atoms with E-state index in [0.717, 1.165) is 38.9 Å². The predicted octanol–water partition coefficient (Wildman–Crippen LogP) is 6.77. The minimum absolute atomic E-state index is 0.256. The van der Waals surface area contributed by atoms with Crippen molar-refractivity contribution in [3.8, 4) is 16.9 Å². The van der Waals surface area contributed by atoms with Gasteiger partial charge in [0.1, 0.15) is 19.0 Å². The standard InChI is InChI=1S/C29H23NO3/c31-29(33-20-22-10-5-2-6-11-22)24-16-14-23(15-17-24)25-18-30-26-12-7-13-27(28(25)26)32-19-21-8-3-1-4-9-21/h1-18,30H,19-20H2. The van der Waals surface area contributed by atoms with Crippen LogP contribution < -0.4 is 4.74 Å². The van der Waals surface area contributed by atoms with E-state index in [4.69, 9.17) is 9.47 Å². The fraction of sp³-hybridized carbons (Fsp3) is 0.0690. The van der Waals surface area contributed by atoms with E-state index < -0.39 is 0 Å². The summed E-state index contributed by atoms with van der Waals surface area (Å²) in [6.45, 7) is 0.753. The molecule has 0 saturated carbocycles. The molecule has 0 radical (unpaired) electrons. The Kier molecular flexibility index (Phi) is 5.89. The van der Waals surface area contributed by atoms with Gasteiger partial charge in [-0.3, -0.25) is 0 Å². The van der Waals surface area contributed by atoms with Gasteiger partial charge in [0.15, 0.2) is 0 Å². The van der Waals surface area contributed by atoms with E-state index in [1.165, 1.54) is 0 Å². The second kappa shape index (κ2) is 9.45. The number of aromatic nitrogens is 1. The van der Waals surface area contributed by atoms with E-state index in [0.29, 0.717) is 12.2 Å². The normalized spacial score (nSPS) is 10.8. The van der Waals surface area contributed by atoms with E-state index in [9.17, 15) is 4.79 Å². The van der Waals surface area contributed by atoms with Crippen molar-refractivity contribution in [2.24, 2.45) is 0 Å². The van der Waals surface area contributed by atoms with Crippen molar-refractivity contribution in [2.75, 3.05) is 0 Å². The van der Waals surface area contributed by atoms with Crippen LogP contribution >= 0.6 is 0 Å². The number of hydrogen-bond acceptors (Lipinski definition) is 3. The van der Waals surface area contributed by atoms with Crippen LogP contribution in [0.1, 0.15) is 21.5 Å². The Balaban J connectivity index is 1.35. The SMILES string of the molecule is O=C(OCc1ccccc1)c1ccc(-c2c[nH]c3cccc(OCc4ccccc4)c23)cc1. The number of carbonyl (C=O) groups excluding carboxylic acids is 1. The summed E-state index contributed by atoms with van der Waals surface area (Å²) in [4.78, 5) is 15.8. The quantitative estimate of drug-likeness (QED) is 0.288. The van der Waals surface area contributed by atoms with Crippen LogP contribution in [-0.4, -0.2) is 11.0 Å². The number of fused-ring (bicyclic) bond motifs is 1. The summed E-state index contributed by atoms with van der Waals surface area (Å²) in [6.07, 6.45) is 1.97. The zero-order chi connectivity index (χ0) is 22.5. The second-order valence-corrected chi connectivity index (χ2v) is 7.79. The van der Waals surface area contributed by atoms with Crippen LogP contribution in [0.15, 0.2) is 109 Å². The summed E-state index contributed by atoms with van der Waals surface area (Å²) < 4.78 is 11.6. The minimum atomic E-state index is -0.337. The molecule has 0 aliphatic rings. The molecule has 0 bridgehead atoms. The maximum absolute atomic E-state index is 12.5. The fourth-order valence-corrected chi connectivity index (χ4v) is 3.83. The van der Waals surface area contributed by atoms with Gasteiger partial charge in [0, 0.05) is 22.7 Å². The first-order chi connectivity index (χ1) is 16.3. The summed E-state index contributed by atoms with van der Waals surface area (Å²) in [7, 11) is 0. The molecule has 33 heavy (non-hydrogen) atoms. The maximum atomic E-state index is 12.5. The first kappa shape index (κ1) is 20.6. The van der Waals surface area contributed by atoms with Gasteiger partial charge in [-0.2, -0.15) is 0 Å². The Morgan fingerprint density at radius 1 is 0.697 bits per heavy atom. The Bertz CT molecular complexity index is 1360. The van der Waals surface area contributed by atoms with Crippen LogP contribution in [0.3, 0.4) is 0 Å². The number of carbonyl (C=O) groups is 1. The molecule has 0 aliphatic heterocycles. The molecule has 5 rings (SSSR count). The van der Waals surface area contributed by atoms with E-state index in [2.05, 4.69) is 4.98 Å². The highest BCUT2D eigenvalue weighted by Gasteiger charge is 2.13. The van der Waals surface area contributed by atoms with Gasteiger partial charge in [-0.1, -0.05) is 78.9 Å². The first-order valence-electron chi connectivity index (χ1n) is 10.9. The number of aromatic amines is 1. The summed E-state index contributed by atoms with van der Waals surface area (Å²) >= 11 is 0. The van der Waals surface area contributed by atoms with Gasteiger partial charge in [0.2, 0.25) is 0 Å². The van der Waals surface area contributed by atoms with E-state index in [1.807, 2.05) is 97.2 Å². The molecule has 1 aromatic heterocycles. The van der Waals surface area contributed by atoms with Crippen LogP contribution in [-0.2, 0) is 18.0 Å². The predicted molar refractivity (Wildman–Crippen MR) is 130 cm³/mol. The average molecular weight is 434 g/mol. The zero-order valence-electron chi connectivity index (χ0n) is 18.0. The molecule has 1 heterocycles. The summed E-state index contributed by atoms with van der Waals surface area (Å²) in [5, 5.41) is 1.02. The third kappa shape index (κ3) is 4.65. The highest BCUT2D eigenvalue weighted by Crippen LogP contribution is 2.36. The van der Waals surface area contributed by atoms with E-state index >= 15 is 0 Å². The van der Waals surface area contributed by atoms with Crippen molar-refractivity contribution < 1.29 is 14.3 Å². The summed E-state index contributed by atoms with van der Waals surface area (Å²) in [5.74, 6) is 0.482. The number of nitrogens with one attached hydrogen (secondary N) is 1. The molecule has 0 saturated heterocycles. The van der Waals surface area contributed by atoms with Crippen molar-refractivity contribution in [3.05, 3.63) is 126 Å². The first-order valence-corrected chi connectivity index (χ1v) is 10.9. The number of hydrogen-bond donors (Lipinski definition) is 1. The molecular weight excluding hydrogens is 410 g/mol. The number of ether oxygens (including phenoxy) is 2. The molecule has 0 amide bonds. The van der Waals surface area contributed by atoms with Crippen LogP contribution in [0.4, 0.5) is 0 Å². The zero-order valence-corrected chi connectivity index (χ0v) is 18.0. The topological polar surface area (TPSA) is 51.3 Å². The molecule has 0 aliphatic carbocycles. The number of rotatable bonds is 7. The van der Waals surface area contributed by atoms with Gasteiger partial charge >= 0.3 is 5.97 Å². The molecule has 162 valence electrons. The molecule has 1 N–H and O–H groups in total. The molecular formula is C29H23NO3. The highest BCUT2D eigenvalue weighted by atomic mass is 16.5. The lowest BCUT2D eigenvalue weighted by Crippen LogP contribution is -2.05. The lowest BCUT2D eigenvalue weighted by molar-refractivity contribution is 0.0472. The molecule has 4 nitrogen and oxygen atoms in total. The Labute approximate surface area is 192 Å². The van der Waals surface area contributed by atoms with Crippen molar-refractivity contribution in [2.45, 2.75) is 13.2 Å². The highest BCUT2D eigenvalue weighted by molar-refractivity contribution is 6.00. The Hall–Kier alpha value is -4.31. The smallest absolute Gasteiger partial charge is 0.338 e. The maximum Gasteiger partial charge on any atom is 0.338 e. The molecule has 5 aromatic rings.